The maximum atomic E-state index is 5.66. The molecule has 1 unspecified atom stereocenters. The van der Waals surface area contributed by atoms with Gasteiger partial charge in [0.1, 0.15) is 0 Å². The van der Waals surface area contributed by atoms with E-state index in [9.17, 15) is 0 Å². The number of aryl methyl sites for hydroxylation is 1. The molecule has 0 aromatic heterocycles. The van der Waals surface area contributed by atoms with Crippen LogP contribution in [0.3, 0.4) is 0 Å². The van der Waals surface area contributed by atoms with E-state index < -0.39 is 0 Å². The molecule has 1 saturated heterocycles. The number of aliphatic imine (C=N–C) groups is 1. The number of hydrogen-bond donors (Lipinski definition) is 2. The first kappa shape index (κ1) is 19.2. The van der Waals surface area contributed by atoms with E-state index in [1.165, 1.54) is 11.1 Å². The van der Waals surface area contributed by atoms with Crippen LogP contribution in [0.25, 0.3) is 0 Å². The van der Waals surface area contributed by atoms with E-state index in [0.29, 0.717) is 6.10 Å². The second-order valence-corrected chi connectivity index (χ2v) is 6.90. The van der Waals surface area contributed by atoms with Crippen molar-refractivity contribution in [2.24, 2.45) is 4.99 Å². The minimum absolute atomic E-state index is 0.307. The van der Waals surface area contributed by atoms with E-state index in [-0.39, 0.29) is 0 Å². The fourth-order valence-electron chi connectivity index (χ4n) is 2.63. The molecule has 1 aromatic carbocycles. The van der Waals surface area contributed by atoms with Gasteiger partial charge in [-0.3, -0.25) is 4.99 Å². The molecule has 1 atom stereocenters. The zero-order valence-corrected chi connectivity index (χ0v) is 16.2. The highest BCUT2D eigenvalue weighted by molar-refractivity contribution is 9.10. The molecule has 5 nitrogen and oxygen atoms in total. The average molecular weight is 398 g/mol. The molecule has 1 aliphatic rings. The van der Waals surface area contributed by atoms with Crippen molar-refractivity contribution in [1.82, 2.24) is 10.6 Å². The Morgan fingerprint density at radius 2 is 2.29 bits per heavy atom. The zero-order valence-electron chi connectivity index (χ0n) is 14.6. The van der Waals surface area contributed by atoms with E-state index in [1.54, 1.807) is 7.05 Å². The minimum Gasteiger partial charge on any atom is -0.379 e. The number of nitrogens with zero attached hydrogens (tertiary/aromatic N) is 1. The van der Waals surface area contributed by atoms with Crippen LogP contribution in [0.1, 0.15) is 30.4 Å². The van der Waals surface area contributed by atoms with Crippen molar-refractivity contribution >= 4 is 21.9 Å². The SMILES string of the molecule is CN=C(NCCCOCC1CCCO1)NCc1ccc(Br)cc1C. The predicted octanol–water partition coefficient (Wildman–Crippen LogP) is 3.01. The highest BCUT2D eigenvalue weighted by Crippen LogP contribution is 2.15. The smallest absolute Gasteiger partial charge is 0.191 e. The normalized spacial score (nSPS) is 18.0. The largest absolute Gasteiger partial charge is 0.379 e. The van der Waals surface area contributed by atoms with E-state index in [2.05, 4.69) is 56.7 Å². The van der Waals surface area contributed by atoms with Gasteiger partial charge in [-0.15, -0.1) is 0 Å². The molecule has 0 spiro atoms. The first-order valence-electron chi connectivity index (χ1n) is 8.58. The van der Waals surface area contributed by atoms with Gasteiger partial charge in [-0.1, -0.05) is 22.0 Å². The van der Waals surface area contributed by atoms with Gasteiger partial charge in [0.2, 0.25) is 0 Å². The third-order valence-corrected chi connectivity index (χ3v) is 4.55. The lowest BCUT2D eigenvalue weighted by Gasteiger charge is -2.14. The lowest BCUT2D eigenvalue weighted by Crippen LogP contribution is -2.37. The summed E-state index contributed by atoms with van der Waals surface area (Å²) in [4.78, 5) is 4.26. The Hall–Kier alpha value is -1.11. The highest BCUT2D eigenvalue weighted by Gasteiger charge is 2.14. The third-order valence-electron chi connectivity index (χ3n) is 4.06. The molecule has 0 amide bonds. The highest BCUT2D eigenvalue weighted by atomic mass is 79.9. The Kier molecular flexibility index (Phi) is 8.56. The first-order chi connectivity index (χ1) is 11.7. The van der Waals surface area contributed by atoms with Crippen LogP contribution < -0.4 is 10.6 Å². The molecule has 0 aliphatic carbocycles. The van der Waals surface area contributed by atoms with Gasteiger partial charge in [0.25, 0.3) is 0 Å². The second-order valence-electron chi connectivity index (χ2n) is 5.99. The average Bonchev–Trinajstić information content (AvgIpc) is 3.08. The Labute approximate surface area is 153 Å². The van der Waals surface area contributed by atoms with Crippen LogP contribution in [-0.2, 0) is 16.0 Å². The standard InChI is InChI=1S/C18H28BrN3O2/c1-14-11-16(19)7-6-15(14)12-22-18(20-2)21-8-4-9-23-13-17-5-3-10-24-17/h6-7,11,17H,3-5,8-10,12-13H2,1-2H3,(H2,20,21,22). The lowest BCUT2D eigenvalue weighted by atomic mass is 10.1. The van der Waals surface area contributed by atoms with E-state index in [1.807, 2.05) is 0 Å². The molecule has 134 valence electrons. The van der Waals surface area contributed by atoms with Crippen molar-refractivity contribution in [2.75, 3.05) is 33.4 Å². The van der Waals surface area contributed by atoms with Crippen molar-refractivity contribution in [3.8, 4) is 0 Å². The van der Waals surface area contributed by atoms with Gasteiger partial charge in [-0.2, -0.15) is 0 Å². The van der Waals surface area contributed by atoms with E-state index >= 15 is 0 Å². The number of halogens is 1. The van der Waals surface area contributed by atoms with Gasteiger partial charge < -0.3 is 20.1 Å². The second kappa shape index (κ2) is 10.7. The predicted molar refractivity (Wildman–Crippen MR) is 101 cm³/mol. The van der Waals surface area contributed by atoms with Gasteiger partial charge in [0, 0.05) is 37.8 Å². The molecule has 0 bridgehead atoms. The summed E-state index contributed by atoms with van der Waals surface area (Å²) in [5, 5.41) is 6.66. The molecule has 2 N–H and O–H groups in total. The Bertz CT molecular complexity index is 531. The maximum absolute atomic E-state index is 5.66. The molecule has 24 heavy (non-hydrogen) atoms. The van der Waals surface area contributed by atoms with Crippen molar-refractivity contribution in [2.45, 2.75) is 38.8 Å². The Morgan fingerprint density at radius 3 is 3.00 bits per heavy atom. The number of ether oxygens (including phenoxy) is 2. The first-order valence-corrected chi connectivity index (χ1v) is 9.37. The molecule has 1 aliphatic heterocycles. The number of nitrogens with one attached hydrogen (secondary N) is 2. The zero-order chi connectivity index (χ0) is 17.2. The van der Waals surface area contributed by atoms with Crippen molar-refractivity contribution in [3.63, 3.8) is 0 Å². The number of benzene rings is 1. The lowest BCUT2D eigenvalue weighted by molar-refractivity contribution is 0.0168. The fourth-order valence-corrected chi connectivity index (χ4v) is 3.10. The molecule has 0 saturated carbocycles. The van der Waals surface area contributed by atoms with Crippen molar-refractivity contribution in [3.05, 3.63) is 33.8 Å². The summed E-state index contributed by atoms with van der Waals surface area (Å²) < 4.78 is 12.3. The third kappa shape index (κ3) is 6.79. The molecule has 6 heteroatoms. The summed E-state index contributed by atoms with van der Waals surface area (Å²) >= 11 is 3.49. The summed E-state index contributed by atoms with van der Waals surface area (Å²) in [5.74, 6) is 0.816. The molecule has 1 aromatic rings. The number of guanidine groups is 1. The van der Waals surface area contributed by atoms with Gasteiger partial charge in [-0.25, -0.2) is 0 Å². The summed E-state index contributed by atoms with van der Waals surface area (Å²) in [7, 11) is 1.79. The topological polar surface area (TPSA) is 54.9 Å². The van der Waals surface area contributed by atoms with E-state index in [4.69, 9.17) is 9.47 Å². The molecule has 1 fully saturated rings. The number of rotatable bonds is 8. The molecular formula is C18H28BrN3O2. The van der Waals surface area contributed by atoms with Crippen LogP contribution in [0, 0.1) is 6.92 Å². The van der Waals surface area contributed by atoms with Crippen LogP contribution >= 0.6 is 15.9 Å². The molecule has 1 heterocycles. The summed E-state index contributed by atoms with van der Waals surface area (Å²) in [6, 6.07) is 6.31. The minimum atomic E-state index is 0.307. The van der Waals surface area contributed by atoms with Crippen LogP contribution in [0.4, 0.5) is 0 Å². The van der Waals surface area contributed by atoms with Gasteiger partial charge >= 0.3 is 0 Å². The van der Waals surface area contributed by atoms with Gasteiger partial charge in [0.05, 0.1) is 12.7 Å². The van der Waals surface area contributed by atoms with Crippen LogP contribution in [0.15, 0.2) is 27.7 Å². The van der Waals surface area contributed by atoms with Crippen molar-refractivity contribution < 1.29 is 9.47 Å². The van der Waals surface area contributed by atoms with Crippen LogP contribution in [-0.4, -0.2) is 45.5 Å². The fraction of sp³-hybridized carbons (Fsp3) is 0.611. The monoisotopic (exact) mass is 397 g/mol. The molecule has 0 radical (unpaired) electrons. The van der Waals surface area contributed by atoms with E-state index in [0.717, 1.165) is 62.6 Å². The maximum Gasteiger partial charge on any atom is 0.191 e. The van der Waals surface area contributed by atoms with Crippen LogP contribution in [0.2, 0.25) is 0 Å². The van der Waals surface area contributed by atoms with Gasteiger partial charge in [-0.05, 0) is 49.4 Å². The van der Waals surface area contributed by atoms with Gasteiger partial charge in [0.15, 0.2) is 5.96 Å². The molecular weight excluding hydrogens is 370 g/mol. The Morgan fingerprint density at radius 1 is 1.42 bits per heavy atom. The van der Waals surface area contributed by atoms with Crippen LogP contribution in [0.5, 0.6) is 0 Å². The summed E-state index contributed by atoms with van der Waals surface area (Å²) in [5.41, 5.74) is 2.52. The summed E-state index contributed by atoms with van der Waals surface area (Å²) in [6.07, 6.45) is 3.55. The number of hydrogen-bond acceptors (Lipinski definition) is 3. The Balaban J connectivity index is 1.58. The quantitative estimate of drug-likeness (QED) is 0.402. The molecule has 2 rings (SSSR count). The van der Waals surface area contributed by atoms with Crippen molar-refractivity contribution in [1.29, 1.82) is 0 Å². The summed E-state index contributed by atoms with van der Waals surface area (Å²) in [6.45, 7) is 6.06.